The second kappa shape index (κ2) is 10.8. The first-order valence-electron chi connectivity index (χ1n) is 9.96. The SMILES string of the molecule is CCOc1cc(/C=C/c2ccccn2)ccc1OC(=O)COc1ccc(CC)cc1. The van der Waals surface area contributed by atoms with Crippen LogP contribution in [0.3, 0.4) is 0 Å². The Bertz CT molecular complexity index is 982. The lowest BCUT2D eigenvalue weighted by Gasteiger charge is -2.12. The zero-order chi connectivity index (χ0) is 21.2. The monoisotopic (exact) mass is 403 g/mol. The van der Waals surface area contributed by atoms with Crippen LogP contribution in [0.25, 0.3) is 12.2 Å². The number of benzene rings is 2. The van der Waals surface area contributed by atoms with Gasteiger partial charge >= 0.3 is 5.97 Å². The standard InChI is InChI=1S/C25H25NO4/c1-3-19-9-13-22(14-10-19)29-18-25(27)30-23-15-11-20(17-24(23)28-4-2)8-12-21-7-5-6-16-26-21/h5-17H,3-4,18H2,1-2H3/b12-8+. The van der Waals surface area contributed by atoms with Gasteiger partial charge in [-0.2, -0.15) is 0 Å². The number of hydrogen-bond acceptors (Lipinski definition) is 5. The molecule has 0 aliphatic heterocycles. The summed E-state index contributed by atoms with van der Waals surface area (Å²) in [5.74, 6) is 1.000. The fourth-order valence-electron chi connectivity index (χ4n) is 2.75. The van der Waals surface area contributed by atoms with Gasteiger partial charge in [0.25, 0.3) is 0 Å². The predicted octanol–water partition coefficient (Wildman–Crippen LogP) is 5.20. The molecule has 0 fully saturated rings. The first kappa shape index (κ1) is 21.1. The maximum absolute atomic E-state index is 12.2. The molecule has 0 radical (unpaired) electrons. The molecule has 2 aromatic carbocycles. The molecule has 154 valence electrons. The van der Waals surface area contributed by atoms with Crippen LogP contribution in [0, 0.1) is 0 Å². The summed E-state index contributed by atoms with van der Waals surface area (Å²) in [5, 5.41) is 0. The highest BCUT2D eigenvalue weighted by atomic mass is 16.6. The van der Waals surface area contributed by atoms with Crippen molar-refractivity contribution in [1.82, 2.24) is 4.98 Å². The van der Waals surface area contributed by atoms with Gasteiger partial charge in [-0.05, 0) is 66.9 Å². The molecule has 0 N–H and O–H groups in total. The highest BCUT2D eigenvalue weighted by molar-refractivity contribution is 5.76. The van der Waals surface area contributed by atoms with E-state index in [9.17, 15) is 4.79 Å². The number of ether oxygens (including phenoxy) is 3. The zero-order valence-electron chi connectivity index (χ0n) is 17.2. The summed E-state index contributed by atoms with van der Waals surface area (Å²) >= 11 is 0. The van der Waals surface area contributed by atoms with Crippen molar-refractivity contribution in [2.45, 2.75) is 20.3 Å². The molecule has 0 spiro atoms. The number of rotatable bonds is 9. The number of esters is 1. The van der Waals surface area contributed by atoms with E-state index in [-0.39, 0.29) is 6.61 Å². The molecule has 0 saturated heterocycles. The molecule has 30 heavy (non-hydrogen) atoms. The Hall–Kier alpha value is -3.60. The lowest BCUT2D eigenvalue weighted by atomic mass is 10.1. The van der Waals surface area contributed by atoms with Crippen molar-refractivity contribution in [2.24, 2.45) is 0 Å². The minimum atomic E-state index is -0.493. The molecular formula is C25H25NO4. The van der Waals surface area contributed by atoms with Crippen LogP contribution >= 0.6 is 0 Å². The molecule has 3 aromatic rings. The van der Waals surface area contributed by atoms with Gasteiger partial charge in [0, 0.05) is 6.20 Å². The molecule has 1 aromatic heterocycles. The Morgan fingerprint density at radius 1 is 0.933 bits per heavy atom. The predicted molar refractivity (Wildman–Crippen MR) is 118 cm³/mol. The third kappa shape index (κ3) is 6.21. The number of hydrogen-bond donors (Lipinski definition) is 0. The van der Waals surface area contributed by atoms with Crippen LogP contribution in [0.15, 0.2) is 66.9 Å². The third-order valence-electron chi connectivity index (χ3n) is 4.31. The molecule has 0 aliphatic rings. The minimum Gasteiger partial charge on any atom is -0.490 e. The topological polar surface area (TPSA) is 57.7 Å². The maximum atomic E-state index is 12.2. The summed E-state index contributed by atoms with van der Waals surface area (Å²) in [7, 11) is 0. The van der Waals surface area contributed by atoms with Gasteiger partial charge in [0.1, 0.15) is 5.75 Å². The van der Waals surface area contributed by atoms with Gasteiger partial charge in [0.05, 0.1) is 12.3 Å². The first-order chi connectivity index (χ1) is 14.7. The van der Waals surface area contributed by atoms with Crippen LogP contribution < -0.4 is 14.2 Å². The van der Waals surface area contributed by atoms with Gasteiger partial charge < -0.3 is 14.2 Å². The van der Waals surface area contributed by atoms with Crippen LogP contribution in [0.5, 0.6) is 17.2 Å². The average molecular weight is 403 g/mol. The van der Waals surface area contributed by atoms with E-state index in [0.29, 0.717) is 23.9 Å². The Morgan fingerprint density at radius 3 is 2.47 bits per heavy atom. The van der Waals surface area contributed by atoms with E-state index in [0.717, 1.165) is 17.7 Å². The Labute approximate surface area is 176 Å². The number of aryl methyl sites for hydroxylation is 1. The van der Waals surface area contributed by atoms with Gasteiger partial charge in [0.2, 0.25) is 0 Å². The van der Waals surface area contributed by atoms with E-state index in [1.54, 1.807) is 12.3 Å². The van der Waals surface area contributed by atoms with Gasteiger partial charge in [-0.3, -0.25) is 4.98 Å². The molecule has 5 heteroatoms. The minimum absolute atomic E-state index is 0.182. The highest BCUT2D eigenvalue weighted by Gasteiger charge is 2.12. The molecule has 0 aliphatic carbocycles. The van der Waals surface area contributed by atoms with E-state index in [1.807, 2.05) is 73.7 Å². The molecule has 3 rings (SSSR count). The smallest absolute Gasteiger partial charge is 0.349 e. The highest BCUT2D eigenvalue weighted by Crippen LogP contribution is 2.29. The summed E-state index contributed by atoms with van der Waals surface area (Å²) in [6.45, 7) is 4.24. The lowest BCUT2D eigenvalue weighted by molar-refractivity contribution is -0.136. The van der Waals surface area contributed by atoms with E-state index >= 15 is 0 Å². The van der Waals surface area contributed by atoms with Crippen molar-refractivity contribution in [1.29, 1.82) is 0 Å². The van der Waals surface area contributed by atoms with Gasteiger partial charge in [0.15, 0.2) is 18.1 Å². The summed E-state index contributed by atoms with van der Waals surface area (Å²) in [6, 6.07) is 18.8. The number of carbonyl (C=O) groups excluding carboxylic acids is 1. The van der Waals surface area contributed by atoms with E-state index < -0.39 is 5.97 Å². The van der Waals surface area contributed by atoms with E-state index in [1.165, 1.54) is 5.56 Å². The summed E-state index contributed by atoms with van der Waals surface area (Å²) < 4.78 is 16.6. The quantitative estimate of drug-likeness (QED) is 0.363. The van der Waals surface area contributed by atoms with E-state index in [4.69, 9.17) is 14.2 Å². The lowest BCUT2D eigenvalue weighted by Crippen LogP contribution is -2.18. The zero-order valence-corrected chi connectivity index (χ0v) is 17.2. The Morgan fingerprint density at radius 2 is 1.77 bits per heavy atom. The number of pyridine rings is 1. The first-order valence-corrected chi connectivity index (χ1v) is 9.96. The molecule has 0 unspecified atom stereocenters. The Kier molecular flexibility index (Phi) is 7.61. The van der Waals surface area contributed by atoms with Crippen LogP contribution in [-0.4, -0.2) is 24.2 Å². The largest absolute Gasteiger partial charge is 0.490 e. The van der Waals surface area contributed by atoms with E-state index in [2.05, 4.69) is 11.9 Å². The van der Waals surface area contributed by atoms with Crippen LogP contribution in [0.4, 0.5) is 0 Å². The normalized spacial score (nSPS) is 10.7. The van der Waals surface area contributed by atoms with Gasteiger partial charge in [-0.1, -0.05) is 37.3 Å². The van der Waals surface area contributed by atoms with Crippen LogP contribution in [0.1, 0.15) is 30.7 Å². The van der Waals surface area contributed by atoms with Crippen LogP contribution in [-0.2, 0) is 11.2 Å². The molecule has 1 heterocycles. The molecule has 0 amide bonds. The maximum Gasteiger partial charge on any atom is 0.349 e. The van der Waals surface area contributed by atoms with Gasteiger partial charge in [-0.15, -0.1) is 0 Å². The summed E-state index contributed by atoms with van der Waals surface area (Å²) in [5.41, 5.74) is 2.98. The third-order valence-corrected chi connectivity index (χ3v) is 4.31. The molecule has 0 saturated carbocycles. The van der Waals surface area contributed by atoms with Crippen molar-refractivity contribution >= 4 is 18.1 Å². The molecule has 0 atom stereocenters. The summed E-state index contributed by atoms with van der Waals surface area (Å²) in [4.78, 5) is 16.5. The van der Waals surface area contributed by atoms with Gasteiger partial charge in [-0.25, -0.2) is 4.79 Å². The molecule has 0 bridgehead atoms. The van der Waals surface area contributed by atoms with Crippen molar-refractivity contribution in [3.63, 3.8) is 0 Å². The number of carbonyl (C=O) groups is 1. The number of aromatic nitrogens is 1. The van der Waals surface area contributed by atoms with Crippen molar-refractivity contribution in [3.8, 4) is 17.2 Å². The van der Waals surface area contributed by atoms with Crippen molar-refractivity contribution in [2.75, 3.05) is 13.2 Å². The molecule has 5 nitrogen and oxygen atoms in total. The molecular weight excluding hydrogens is 378 g/mol. The van der Waals surface area contributed by atoms with Crippen molar-refractivity contribution < 1.29 is 19.0 Å². The Balaban J connectivity index is 1.63. The fourth-order valence-corrected chi connectivity index (χ4v) is 2.75. The average Bonchev–Trinajstić information content (AvgIpc) is 2.79. The second-order valence-electron chi connectivity index (χ2n) is 6.49. The fraction of sp³-hybridized carbons (Fsp3) is 0.200. The second-order valence-corrected chi connectivity index (χ2v) is 6.49. The van der Waals surface area contributed by atoms with Crippen molar-refractivity contribution in [3.05, 3.63) is 83.7 Å². The summed E-state index contributed by atoms with van der Waals surface area (Å²) in [6.07, 6.45) is 6.54. The number of nitrogens with zero attached hydrogens (tertiary/aromatic N) is 1. The van der Waals surface area contributed by atoms with Crippen LogP contribution in [0.2, 0.25) is 0 Å².